The van der Waals surface area contributed by atoms with Crippen molar-refractivity contribution in [1.82, 2.24) is 0 Å². The van der Waals surface area contributed by atoms with Crippen LogP contribution in [0.4, 0.5) is 8.78 Å². The molecule has 5 heteroatoms. The lowest BCUT2D eigenvalue weighted by atomic mass is 10.8. The van der Waals surface area contributed by atoms with Crippen LogP contribution in [0.1, 0.15) is 0 Å². The molecule has 0 atom stereocenters. The topological polar surface area (TPSA) is 48.6 Å². The maximum atomic E-state index is 10.7. The zero-order valence-electron chi connectivity index (χ0n) is 3.12. The Kier molecular flexibility index (Phi) is 5.60. The van der Waals surface area contributed by atoms with E-state index < -0.39 is 11.7 Å². The van der Waals surface area contributed by atoms with Crippen molar-refractivity contribution in [3.8, 4) is 0 Å². The van der Waals surface area contributed by atoms with Crippen molar-refractivity contribution < 1.29 is 19.1 Å². The fourth-order valence-electron chi connectivity index (χ4n) is 0. The van der Waals surface area contributed by atoms with E-state index in [1.165, 1.54) is 0 Å². The number of hydrogen-bond acceptors (Lipinski definition) is 1. The highest BCUT2D eigenvalue weighted by molar-refractivity contribution is 6.64. The molecule has 0 aliphatic carbocycles. The SMILES string of the molecule is O.O=C(Cl)C(F)F. The standard InChI is InChI=1S/C2HClF2O.H2O/c3-1(6)2(4)5;/h2H;1H2. The molecular formula is C2H3ClF2O2. The first-order valence-corrected chi connectivity index (χ1v) is 1.50. The summed E-state index contributed by atoms with van der Waals surface area (Å²) in [6.07, 6.45) is -3.02. The molecule has 0 heterocycles. The van der Waals surface area contributed by atoms with Crippen molar-refractivity contribution in [3.63, 3.8) is 0 Å². The Morgan fingerprint density at radius 3 is 1.71 bits per heavy atom. The van der Waals surface area contributed by atoms with Gasteiger partial charge in [0.05, 0.1) is 0 Å². The van der Waals surface area contributed by atoms with Gasteiger partial charge in [-0.25, -0.2) is 8.78 Å². The molecule has 2 N–H and O–H groups in total. The average Bonchev–Trinajstić information content (AvgIpc) is 1.36. The minimum Gasteiger partial charge on any atom is -0.412 e. The normalized spacial score (nSPS) is 8.00. The van der Waals surface area contributed by atoms with Gasteiger partial charge in [0.2, 0.25) is 0 Å². The number of hydrogen-bond donors (Lipinski definition) is 0. The molecule has 2 nitrogen and oxygen atoms in total. The summed E-state index contributed by atoms with van der Waals surface area (Å²) in [6, 6.07) is 0. The molecule has 0 aliphatic heterocycles. The maximum absolute atomic E-state index is 10.7. The zero-order valence-corrected chi connectivity index (χ0v) is 3.88. The molecule has 0 aromatic rings. The Bertz CT molecular complexity index is 64.7. The van der Waals surface area contributed by atoms with Gasteiger partial charge in [-0.3, -0.25) is 4.79 Å². The molecule has 44 valence electrons. The number of alkyl halides is 2. The molecule has 0 amide bonds. The third kappa shape index (κ3) is 5.78. The van der Waals surface area contributed by atoms with E-state index in [0.29, 0.717) is 0 Å². The highest BCUT2D eigenvalue weighted by Gasteiger charge is 2.09. The van der Waals surface area contributed by atoms with Gasteiger partial charge in [0.1, 0.15) is 0 Å². The molecule has 0 radical (unpaired) electrons. The van der Waals surface area contributed by atoms with E-state index in [1.807, 2.05) is 0 Å². The zero-order chi connectivity index (χ0) is 5.15. The summed E-state index contributed by atoms with van der Waals surface area (Å²) in [7, 11) is 0. The molecule has 0 aromatic carbocycles. The largest absolute Gasteiger partial charge is 0.412 e. The van der Waals surface area contributed by atoms with E-state index in [4.69, 9.17) is 4.79 Å². The van der Waals surface area contributed by atoms with Crippen molar-refractivity contribution in [2.75, 3.05) is 0 Å². The second-order valence-electron chi connectivity index (χ2n) is 0.605. The summed E-state index contributed by atoms with van der Waals surface area (Å²) < 4.78 is 21.4. The molecule has 0 rings (SSSR count). The molecule has 0 aliphatic rings. The Hall–Kier alpha value is -0.220. The van der Waals surface area contributed by atoms with Crippen LogP contribution in [0.5, 0.6) is 0 Å². The smallest absolute Gasteiger partial charge is 0.310 e. The van der Waals surface area contributed by atoms with Gasteiger partial charge in [-0.2, -0.15) is 0 Å². The van der Waals surface area contributed by atoms with Gasteiger partial charge >= 0.3 is 6.43 Å². The van der Waals surface area contributed by atoms with Crippen LogP contribution in [0, 0.1) is 0 Å². The molecule has 0 unspecified atom stereocenters. The molecule has 0 saturated carbocycles. The first kappa shape index (κ1) is 9.91. The summed E-state index contributed by atoms with van der Waals surface area (Å²) in [5, 5.41) is -1.60. The number of rotatable bonds is 1. The molecule has 0 aromatic heterocycles. The van der Waals surface area contributed by atoms with Crippen LogP contribution in [0.3, 0.4) is 0 Å². The van der Waals surface area contributed by atoms with Crippen molar-refractivity contribution in [2.45, 2.75) is 6.43 Å². The van der Waals surface area contributed by atoms with Crippen LogP contribution in [0.2, 0.25) is 0 Å². The lowest BCUT2D eigenvalue weighted by Gasteiger charge is -1.79. The van der Waals surface area contributed by atoms with E-state index in [-0.39, 0.29) is 5.48 Å². The minimum absolute atomic E-state index is 0. The molecule has 0 fully saturated rings. The first-order valence-electron chi connectivity index (χ1n) is 1.12. The molecule has 0 saturated heterocycles. The predicted octanol–water partition coefficient (Wildman–Crippen LogP) is 0.192. The van der Waals surface area contributed by atoms with E-state index in [9.17, 15) is 8.78 Å². The van der Waals surface area contributed by atoms with Crippen molar-refractivity contribution >= 4 is 16.8 Å². The molecular weight excluding hydrogens is 129 g/mol. The fourth-order valence-corrected chi connectivity index (χ4v) is 0. The third-order valence-corrected chi connectivity index (χ3v) is 0.337. The first-order chi connectivity index (χ1) is 2.64. The molecule has 7 heavy (non-hydrogen) atoms. The average molecular weight is 132 g/mol. The summed E-state index contributed by atoms with van der Waals surface area (Å²) in [5.74, 6) is 0. The summed E-state index contributed by atoms with van der Waals surface area (Å²) in [4.78, 5) is 9.16. The Labute approximate surface area is 43.4 Å². The van der Waals surface area contributed by atoms with E-state index >= 15 is 0 Å². The fraction of sp³-hybridized carbons (Fsp3) is 0.500. The second kappa shape index (κ2) is 3.95. The highest BCUT2D eigenvalue weighted by atomic mass is 35.5. The van der Waals surface area contributed by atoms with Crippen LogP contribution in [-0.4, -0.2) is 17.1 Å². The van der Waals surface area contributed by atoms with E-state index in [0.717, 1.165) is 0 Å². The number of carbonyl (C=O) groups is 1. The molecule has 0 spiro atoms. The lowest BCUT2D eigenvalue weighted by Crippen LogP contribution is -1.98. The quantitative estimate of drug-likeness (QED) is 0.470. The van der Waals surface area contributed by atoms with Crippen LogP contribution in [0.15, 0.2) is 0 Å². The van der Waals surface area contributed by atoms with Gasteiger partial charge < -0.3 is 5.48 Å². The summed E-state index contributed by atoms with van der Waals surface area (Å²) >= 11 is 4.22. The van der Waals surface area contributed by atoms with Crippen molar-refractivity contribution in [1.29, 1.82) is 0 Å². The van der Waals surface area contributed by atoms with Gasteiger partial charge in [-0.1, -0.05) is 0 Å². The Balaban J connectivity index is 0. The van der Waals surface area contributed by atoms with E-state index in [1.54, 1.807) is 0 Å². The maximum Gasteiger partial charge on any atom is 0.310 e. The van der Waals surface area contributed by atoms with Gasteiger partial charge in [-0.15, -0.1) is 0 Å². The monoisotopic (exact) mass is 132 g/mol. The summed E-state index contributed by atoms with van der Waals surface area (Å²) in [6.45, 7) is 0. The van der Waals surface area contributed by atoms with Gasteiger partial charge in [0.15, 0.2) is 0 Å². The van der Waals surface area contributed by atoms with Crippen molar-refractivity contribution in [3.05, 3.63) is 0 Å². The minimum atomic E-state index is -3.02. The van der Waals surface area contributed by atoms with Crippen LogP contribution in [0.25, 0.3) is 0 Å². The third-order valence-electron chi connectivity index (χ3n) is 0.172. The van der Waals surface area contributed by atoms with E-state index in [2.05, 4.69) is 11.6 Å². The second-order valence-corrected chi connectivity index (χ2v) is 0.977. The number of carbonyl (C=O) groups excluding carboxylic acids is 1. The van der Waals surface area contributed by atoms with Crippen LogP contribution in [-0.2, 0) is 4.79 Å². The van der Waals surface area contributed by atoms with Gasteiger partial charge in [0.25, 0.3) is 5.24 Å². The van der Waals surface area contributed by atoms with Gasteiger partial charge in [0, 0.05) is 0 Å². The van der Waals surface area contributed by atoms with Crippen LogP contribution >= 0.6 is 11.6 Å². The lowest BCUT2D eigenvalue weighted by molar-refractivity contribution is -0.121. The molecule has 0 bridgehead atoms. The Morgan fingerprint density at radius 2 is 1.71 bits per heavy atom. The summed E-state index contributed by atoms with van der Waals surface area (Å²) in [5.41, 5.74) is 0. The van der Waals surface area contributed by atoms with Crippen LogP contribution < -0.4 is 0 Å². The Morgan fingerprint density at radius 1 is 1.57 bits per heavy atom. The van der Waals surface area contributed by atoms with Crippen molar-refractivity contribution in [2.24, 2.45) is 0 Å². The highest BCUT2D eigenvalue weighted by Crippen LogP contribution is 1.95. The number of halogens is 3. The predicted molar refractivity (Wildman–Crippen MR) is 20.5 cm³/mol. The van der Waals surface area contributed by atoms with Gasteiger partial charge in [-0.05, 0) is 11.6 Å².